The number of rotatable bonds is 7. The van der Waals surface area contributed by atoms with Gasteiger partial charge < -0.3 is 15.8 Å². The third-order valence-corrected chi connectivity index (χ3v) is 2.82. The number of amides is 1. The molecule has 0 bridgehead atoms. The Labute approximate surface area is 116 Å². The van der Waals surface area contributed by atoms with E-state index in [1.165, 1.54) is 0 Å². The number of carbonyl (C=O) groups is 1. The van der Waals surface area contributed by atoms with Crippen molar-refractivity contribution in [2.45, 2.75) is 32.9 Å². The van der Waals surface area contributed by atoms with Crippen LogP contribution in [0.3, 0.4) is 0 Å². The second kappa shape index (κ2) is 7.38. The first-order valence-electron chi connectivity index (χ1n) is 5.92. The lowest BCUT2D eigenvalue weighted by molar-refractivity contribution is -0.118. The predicted molar refractivity (Wildman–Crippen MR) is 75.4 cm³/mol. The maximum Gasteiger partial charge on any atom is 0.220 e. The van der Waals surface area contributed by atoms with Crippen LogP contribution in [-0.2, 0) is 11.3 Å². The molecule has 0 fully saturated rings. The van der Waals surface area contributed by atoms with Crippen LogP contribution in [0.25, 0.3) is 0 Å². The highest BCUT2D eigenvalue weighted by Gasteiger charge is 2.06. The van der Waals surface area contributed by atoms with Gasteiger partial charge in [0.05, 0.1) is 13.0 Å². The molecule has 4 nitrogen and oxygen atoms in total. The van der Waals surface area contributed by atoms with E-state index in [1.807, 2.05) is 18.2 Å². The Morgan fingerprint density at radius 2 is 2.22 bits per heavy atom. The van der Waals surface area contributed by atoms with Crippen LogP contribution in [0.1, 0.15) is 25.8 Å². The summed E-state index contributed by atoms with van der Waals surface area (Å²) in [5.41, 5.74) is 6.14. The maximum absolute atomic E-state index is 10.7. The van der Waals surface area contributed by atoms with Crippen molar-refractivity contribution in [3.63, 3.8) is 0 Å². The smallest absolute Gasteiger partial charge is 0.220 e. The van der Waals surface area contributed by atoms with Gasteiger partial charge in [0.25, 0.3) is 0 Å². The van der Waals surface area contributed by atoms with Crippen LogP contribution in [0.5, 0.6) is 5.75 Å². The molecular formula is C13H19BrN2O2. The molecule has 0 unspecified atom stereocenters. The minimum absolute atomic E-state index is 0.229. The molecule has 100 valence electrons. The average Bonchev–Trinajstić information content (AvgIpc) is 2.28. The lowest BCUT2D eigenvalue weighted by Crippen LogP contribution is -2.22. The summed E-state index contributed by atoms with van der Waals surface area (Å²) in [5, 5.41) is 3.34. The third kappa shape index (κ3) is 5.51. The van der Waals surface area contributed by atoms with Gasteiger partial charge in [-0.25, -0.2) is 0 Å². The van der Waals surface area contributed by atoms with Gasteiger partial charge in [0.1, 0.15) is 5.75 Å². The lowest BCUT2D eigenvalue weighted by atomic mass is 10.2. The lowest BCUT2D eigenvalue weighted by Gasteiger charge is -2.14. The van der Waals surface area contributed by atoms with Crippen molar-refractivity contribution in [2.24, 2.45) is 5.73 Å². The maximum atomic E-state index is 10.7. The highest BCUT2D eigenvalue weighted by Crippen LogP contribution is 2.23. The topological polar surface area (TPSA) is 64.3 Å². The Hall–Kier alpha value is -1.07. The first-order valence-corrected chi connectivity index (χ1v) is 6.71. The highest BCUT2D eigenvalue weighted by atomic mass is 79.9. The third-order valence-electron chi connectivity index (χ3n) is 2.33. The van der Waals surface area contributed by atoms with Gasteiger partial charge in [-0.2, -0.15) is 0 Å². The zero-order valence-corrected chi connectivity index (χ0v) is 12.3. The van der Waals surface area contributed by atoms with Crippen molar-refractivity contribution >= 4 is 21.8 Å². The molecule has 1 amide bonds. The van der Waals surface area contributed by atoms with Crippen LogP contribution in [0.4, 0.5) is 0 Å². The molecule has 0 aromatic heterocycles. The number of primary amides is 1. The summed E-state index contributed by atoms with van der Waals surface area (Å²) in [4.78, 5) is 10.7. The molecule has 0 saturated heterocycles. The quantitative estimate of drug-likeness (QED) is 0.811. The number of hydrogen-bond donors (Lipinski definition) is 2. The van der Waals surface area contributed by atoms with Crippen LogP contribution in [0.2, 0.25) is 0 Å². The molecule has 0 heterocycles. The number of hydrogen-bond acceptors (Lipinski definition) is 3. The van der Waals surface area contributed by atoms with Crippen LogP contribution in [0, 0.1) is 0 Å². The van der Waals surface area contributed by atoms with E-state index in [2.05, 4.69) is 35.1 Å². The van der Waals surface area contributed by atoms with E-state index in [9.17, 15) is 4.79 Å². The first-order chi connectivity index (χ1) is 8.49. The number of carbonyl (C=O) groups excluding carboxylic acids is 1. The Morgan fingerprint density at radius 1 is 1.50 bits per heavy atom. The molecule has 0 radical (unpaired) electrons. The van der Waals surface area contributed by atoms with E-state index >= 15 is 0 Å². The standard InChI is InChI=1S/C13H19BrN2O2/c1-9(2)16-8-10-7-11(14)3-4-12(10)18-6-5-13(15)17/h3-4,7,9,16H,5-6,8H2,1-2H3,(H2,15,17). The van der Waals surface area contributed by atoms with Crippen molar-refractivity contribution in [1.82, 2.24) is 5.32 Å². The fraction of sp³-hybridized carbons (Fsp3) is 0.462. The molecule has 3 N–H and O–H groups in total. The predicted octanol–water partition coefficient (Wildman–Crippen LogP) is 2.20. The molecular weight excluding hydrogens is 296 g/mol. The first kappa shape index (κ1) is 15.0. The second-order valence-corrected chi connectivity index (χ2v) is 5.27. The minimum atomic E-state index is -0.353. The van der Waals surface area contributed by atoms with Gasteiger partial charge in [-0.3, -0.25) is 4.79 Å². The number of nitrogens with two attached hydrogens (primary N) is 1. The Bertz CT molecular complexity index is 408. The van der Waals surface area contributed by atoms with Gasteiger partial charge in [0.15, 0.2) is 0 Å². The fourth-order valence-electron chi connectivity index (χ4n) is 1.40. The Balaban J connectivity index is 2.66. The molecule has 0 aliphatic heterocycles. The molecule has 0 atom stereocenters. The van der Waals surface area contributed by atoms with E-state index in [1.54, 1.807) is 0 Å². The molecule has 18 heavy (non-hydrogen) atoms. The zero-order chi connectivity index (χ0) is 13.5. The van der Waals surface area contributed by atoms with E-state index in [-0.39, 0.29) is 12.3 Å². The number of halogens is 1. The van der Waals surface area contributed by atoms with Crippen molar-refractivity contribution < 1.29 is 9.53 Å². The van der Waals surface area contributed by atoms with Gasteiger partial charge >= 0.3 is 0 Å². The number of benzene rings is 1. The molecule has 5 heteroatoms. The van der Waals surface area contributed by atoms with Crippen LogP contribution in [0.15, 0.2) is 22.7 Å². The van der Waals surface area contributed by atoms with E-state index in [0.29, 0.717) is 12.6 Å². The summed E-state index contributed by atoms with van der Waals surface area (Å²) in [7, 11) is 0. The number of ether oxygens (including phenoxy) is 1. The molecule has 0 saturated carbocycles. The summed E-state index contributed by atoms with van der Waals surface area (Å²) in [5.74, 6) is 0.432. The molecule has 0 aliphatic rings. The van der Waals surface area contributed by atoms with Gasteiger partial charge in [-0.05, 0) is 18.2 Å². The molecule has 1 aromatic rings. The van der Waals surface area contributed by atoms with Crippen LogP contribution >= 0.6 is 15.9 Å². The Kier molecular flexibility index (Phi) is 6.15. The minimum Gasteiger partial charge on any atom is -0.493 e. The summed E-state index contributed by atoms with van der Waals surface area (Å²) >= 11 is 3.44. The summed E-state index contributed by atoms with van der Waals surface area (Å²) in [6.45, 7) is 5.21. The molecule has 0 spiro atoms. The molecule has 1 rings (SSSR count). The van der Waals surface area contributed by atoms with Crippen molar-refractivity contribution in [2.75, 3.05) is 6.61 Å². The highest BCUT2D eigenvalue weighted by molar-refractivity contribution is 9.10. The summed E-state index contributed by atoms with van der Waals surface area (Å²) in [6, 6.07) is 6.22. The van der Waals surface area contributed by atoms with Crippen LogP contribution in [-0.4, -0.2) is 18.6 Å². The second-order valence-electron chi connectivity index (χ2n) is 4.35. The molecule has 0 aliphatic carbocycles. The van der Waals surface area contributed by atoms with Crippen molar-refractivity contribution in [3.8, 4) is 5.75 Å². The van der Waals surface area contributed by atoms with Gasteiger partial charge in [0, 0.05) is 22.6 Å². The largest absolute Gasteiger partial charge is 0.493 e. The Morgan fingerprint density at radius 3 is 2.83 bits per heavy atom. The zero-order valence-electron chi connectivity index (χ0n) is 10.7. The number of nitrogens with one attached hydrogen (secondary N) is 1. The van der Waals surface area contributed by atoms with Crippen LogP contribution < -0.4 is 15.8 Å². The fourth-order valence-corrected chi connectivity index (χ4v) is 1.81. The van der Waals surface area contributed by atoms with E-state index in [4.69, 9.17) is 10.5 Å². The van der Waals surface area contributed by atoms with Crippen molar-refractivity contribution in [1.29, 1.82) is 0 Å². The SMILES string of the molecule is CC(C)NCc1cc(Br)ccc1OCCC(N)=O. The van der Waals surface area contributed by atoms with Crippen molar-refractivity contribution in [3.05, 3.63) is 28.2 Å². The summed E-state index contributed by atoms with van der Waals surface area (Å²) in [6.07, 6.45) is 0.229. The summed E-state index contributed by atoms with van der Waals surface area (Å²) < 4.78 is 6.58. The monoisotopic (exact) mass is 314 g/mol. The van der Waals surface area contributed by atoms with Gasteiger partial charge in [-0.1, -0.05) is 29.8 Å². The molecule has 1 aromatic carbocycles. The van der Waals surface area contributed by atoms with Gasteiger partial charge in [0.2, 0.25) is 5.91 Å². The van der Waals surface area contributed by atoms with E-state index in [0.717, 1.165) is 22.3 Å². The van der Waals surface area contributed by atoms with Gasteiger partial charge in [-0.15, -0.1) is 0 Å². The average molecular weight is 315 g/mol. The van der Waals surface area contributed by atoms with E-state index < -0.39 is 0 Å². The normalized spacial score (nSPS) is 10.7.